The first kappa shape index (κ1) is 16.0. The number of sulfonamides is 1. The fraction of sp³-hybridized carbons (Fsp3) is 0.733. The summed E-state index contributed by atoms with van der Waals surface area (Å²) < 4.78 is 37.5. The van der Waals surface area contributed by atoms with Crippen molar-refractivity contribution in [2.75, 3.05) is 19.4 Å². The Morgan fingerprint density at radius 1 is 1.41 bits per heavy atom. The predicted molar refractivity (Wildman–Crippen MR) is 83.1 cm³/mol. The topological polar surface area (TPSA) is 71.8 Å². The molecule has 0 saturated carbocycles. The molecule has 7 heteroatoms. The third-order valence-electron chi connectivity index (χ3n) is 4.57. The maximum Gasteiger partial charge on any atom is 0.209 e. The summed E-state index contributed by atoms with van der Waals surface area (Å²) in [5, 5.41) is 0. The van der Waals surface area contributed by atoms with Gasteiger partial charge in [0, 0.05) is 19.2 Å². The van der Waals surface area contributed by atoms with Crippen LogP contribution in [0.2, 0.25) is 0 Å². The van der Waals surface area contributed by atoms with Crippen molar-refractivity contribution >= 4 is 10.0 Å². The van der Waals surface area contributed by atoms with E-state index >= 15 is 0 Å². The van der Waals surface area contributed by atoms with Crippen molar-refractivity contribution in [3.63, 3.8) is 0 Å². The highest BCUT2D eigenvalue weighted by Crippen LogP contribution is 2.31. The Hall–Kier alpha value is -0.890. The van der Waals surface area contributed by atoms with Crippen molar-refractivity contribution in [3.05, 3.63) is 23.2 Å². The Morgan fingerprint density at radius 2 is 2.18 bits per heavy atom. The molecule has 0 aliphatic carbocycles. The van der Waals surface area contributed by atoms with E-state index in [1.54, 1.807) is 0 Å². The Labute approximate surface area is 131 Å². The van der Waals surface area contributed by atoms with Crippen LogP contribution in [-0.4, -0.2) is 50.9 Å². The lowest BCUT2D eigenvalue weighted by atomic mass is 10.0. The van der Waals surface area contributed by atoms with Crippen LogP contribution in [0.5, 0.6) is 0 Å². The minimum atomic E-state index is -3.24. The molecule has 1 N–H and O–H groups in total. The average Bonchev–Trinajstić information content (AvgIpc) is 2.91. The molecular weight excluding hydrogens is 304 g/mol. The Kier molecular flexibility index (Phi) is 4.33. The number of fused-ring (bicyclic) bond motifs is 1. The third kappa shape index (κ3) is 3.37. The molecule has 0 aromatic carbocycles. The highest BCUT2D eigenvalue weighted by molar-refractivity contribution is 7.88. The highest BCUT2D eigenvalue weighted by atomic mass is 32.2. The van der Waals surface area contributed by atoms with Gasteiger partial charge >= 0.3 is 0 Å². The molecule has 2 saturated heterocycles. The molecule has 0 amide bonds. The van der Waals surface area contributed by atoms with Crippen LogP contribution in [0, 0.1) is 13.8 Å². The molecule has 0 unspecified atom stereocenters. The van der Waals surface area contributed by atoms with Gasteiger partial charge in [0.1, 0.15) is 11.5 Å². The molecule has 0 radical (unpaired) electrons. The fourth-order valence-corrected chi connectivity index (χ4v) is 4.30. The zero-order valence-corrected chi connectivity index (χ0v) is 14.1. The summed E-state index contributed by atoms with van der Waals surface area (Å²) in [7, 11) is -3.24. The summed E-state index contributed by atoms with van der Waals surface area (Å²) in [6.07, 6.45) is 3.18. The van der Waals surface area contributed by atoms with Crippen molar-refractivity contribution in [2.45, 2.75) is 51.4 Å². The number of ether oxygens (including phenoxy) is 1. The summed E-state index contributed by atoms with van der Waals surface area (Å²) in [5.74, 6) is 1.87. The van der Waals surface area contributed by atoms with Crippen LogP contribution in [0.15, 0.2) is 10.5 Å². The first-order valence-corrected chi connectivity index (χ1v) is 9.61. The normalized spacial score (nSPS) is 29.7. The molecule has 0 bridgehead atoms. The molecule has 1 aromatic heterocycles. The molecule has 22 heavy (non-hydrogen) atoms. The molecule has 6 nitrogen and oxygen atoms in total. The lowest BCUT2D eigenvalue weighted by molar-refractivity contribution is -0.0201. The number of aryl methyl sites for hydroxylation is 2. The number of nitrogens with one attached hydrogen (secondary N) is 1. The number of hydrogen-bond donors (Lipinski definition) is 1. The first-order valence-electron chi connectivity index (χ1n) is 7.72. The van der Waals surface area contributed by atoms with E-state index in [9.17, 15) is 8.42 Å². The third-order valence-corrected chi connectivity index (χ3v) is 5.30. The second kappa shape index (κ2) is 5.96. The maximum absolute atomic E-state index is 11.6. The highest BCUT2D eigenvalue weighted by Gasteiger charge is 2.45. The number of hydrogen-bond acceptors (Lipinski definition) is 5. The Balaban J connectivity index is 1.76. The smallest absolute Gasteiger partial charge is 0.209 e. The van der Waals surface area contributed by atoms with Crippen LogP contribution in [-0.2, 0) is 21.3 Å². The molecule has 2 fully saturated rings. The van der Waals surface area contributed by atoms with Gasteiger partial charge in [0.2, 0.25) is 10.0 Å². The number of furan rings is 1. The summed E-state index contributed by atoms with van der Waals surface area (Å²) in [4.78, 5) is 2.28. The van der Waals surface area contributed by atoms with Gasteiger partial charge in [-0.3, -0.25) is 4.90 Å². The molecule has 2 aliphatic heterocycles. The number of likely N-dealkylation sites (tertiary alicyclic amines) is 1. The van der Waals surface area contributed by atoms with Gasteiger partial charge < -0.3 is 9.15 Å². The van der Waals surface area contributed by atoms with Gasteiger partial charge in [-0.1, -0.05) is 0 Å². The van der Waals surface area contributed by atoms with E-state index < -0.39 is 10.0 Å². The molecule has 3 heterocycles. The van der Waals surface area contributed by atoms with Gasteiger partial charge in [-0.15, -0.1) is 0 Å². The second-order valence-electron chi connectivity index (χ2n) is 6.42. The Bertz CT molecular complexity index is 620. The summed E-state index contributed by atoms with van der Waals surface area (Å²) in [6, 6.07) is 2.13. The van der Waals surface area contributed by atoms with E-state index in [4.69, 9.17) is 9.15 Å². The largest absolute Gasteiger partial charge is 0.465 e. The van der Waals surface area contributed by atoms with E-state index in [0.29, 0.717) is 19.7 Å². The molecule has 124 valence electrons. The van der Waals surface area contributed by atoms with Crippen LogP contribution >= 0.6 is 0 Å². The van der Waals surface area contributed by atoms with E-state index in [-0.39, 0.29) is 18.2 Å². The van der Waals surface area contributed by atoms with Crippen molar-refractivity contribution < 1.29 is 17.6 Å². The molecular formula is C15H24N2O4S. The van der Waals surface area contributed by atoms with Crippen LogP contribution in [0.3, 0.4) is 0 Å². The average molecular weight is 328 g/mol. The van der Waals surface area contributed by atoms with Gasteiger partial charge in [-0.05, 0) is 38.3 Å². The SMILES string of the molecule is Cc1cc(CN2C[C@@H](NS(C)(=O)=O)[C@H]3OCCC[C@H]32)oc1C. The van der Waals surface area contributed by atoms with Crippen molar-refractivity contribution in [1.82, 2.24) is 9.62 Å². The monoisotopic (exact) mass is 328 g/mol. The summed E-state index contributed by atoms with van der Waals surface area (Å²) in [5.41, 5.74) is 1.15. The lowest BCUT2D eigenvalue weighted by Crippen LogP contribution is -2.47. The van der Waals surface area contributed by atoms with E-state index in [1.807, 2.05) is 13.8 Å². The number of nitrogens with zero attached hydrogens (tertiary/aromatic N) is 1. The molecule has 3 rings (SSSR count). The zero-order chi connectivity index (χ0) is 15.9. The van der Waals surface area contributed by atoms with Crippen molar-refractivity contribution in [3.8, 4) is 0 Å². The lowest BCUT2D eigenvalue weighted by Gasteiger charge is -2.32. The minimum Gasteiger partial charge on any atom is -0.465 e. The minimum absolute atomic E-state index is 0.0689. The molecule has 1 aromatic rings. The zero-order valence-electron chi connectivity index (χ0n) is 13.3. The van der Waals surface area contributed by atoms with Gasteiger partial charge in [-0.25, -0.2) is 13.1 Å². The Morgan fingerprint density at radius 3 is 2.82 bits per heavy atom. The second-order valence-corrected chi connectivity index (χ2v) is 8.20. The maximum atomic E-state index is 11.6. The van der Waals surface area contributed by atoms with Gasteiger partial charge in [-0.2, -0.15) is 0 Å². The van der Waals surface area contributed by atoms with Crippen LogP contribution in [0.1, 0.15) is 29.9 Å². The van der Waals surface area contributed by atoms with Crippen LogP contribution in [0.25, 0.3) is 0 Å². The number of rotatable bonds is 4. The fourth-order valence-electron chi connectivity index (χ4n) is 3.54. The van der Waals surface area contributed by atoms with E-state index in [2.05, 4.69) is 15.7 Å². The van der Waals surface area contributed by atoms with Gasteiger partial charge in [0.05, 0.1) is 24.9 Å². The molecule has 0 spiro atoms. The molecule has 2 aliphatic rings. The van der Waals surface area contributed by atoms with Crippen molar-refractivity contribution in [1.29, 1.82) is 0 Å². The summed E-state index contributed by atoms with van der Waals surface area (Å²) >= 11 is 0. The van der Waals surface area contributed by atoms with E-state index in [0.717, 1.165) is 29.9 Å². The van der Waals surface area contributed by atoms with Gasteiger partial charge in [0.25, 0.3) is 0 Å². The summed E-state index contributed by atoms with van der Waals surface area (Å²) in [6.45, 7) is 6.05. The first-order chi connectivity index (χ1) is 10.3. The molecule has 3 atom stereocenters. The van der Waals surface area contributed by atoms with Crippen LogP contribution in [0.4, 0.5) is 0 Å². The van der Waals surface area contributed by atoms with Crippen LogP contribution < -0.4 is 4.72 Å². The van der Waals surface area contributed by atoms with Crippen molar-refractivity contribution in [2.24, 2.45) is 0 Å². The van der Waals surface area contributed by atoms with Gasteiger partial charge in [0.15, 0.2) is 0 Å². The predicted octanol–water partition coefficient (Wildman–Crippen LogP) is 1.18. The van der Waals surface area contributed by atoms with E-state index in [1.165, 1.54) is 6.26 Å². The quantitative estimate of drug-likeness (QED) is 0.898. The standard InChI is InChI=1S/C15H24N2O4S/c1-10-7-12(21-11(10)2)8-17-9-13(16-22(3,18)19)15-14(17)5-4-6-20-15/h7,13-16H,4-6,8-9H2,1-3H3/t13-,14-,15-/m1/s1.